The molecule has 0 unspecified atom stereocenters. The topological polar surface area (TPSA) is 151 Å². The molecule has 0 aliphatic rings. The zero-order valence-electron chi connectivity index (χ0n) is 4.53. The molecule has 0 saturated heterocycles. The normalized spacial score (nSPS) is 6.67. The van der Waals surface area contributed by atoms with Gasteiger partial charge in [0.2, 0.25) is 0 Å². The van der Waals surface area contributed by atoms with Gasteiger partial charge in [0.05, 0.1) is 0 Å². The molecule has 0 aromatic rings. The van der Waals surface area contributed by atoms with Crippen LogP contribution in [-0.2, 0) is 0 Å². The van der Waals surface area contributed by atoms with Crippen molar-refractivity contribution in [1.29, 1.82) is 0 Å². The first-order valence-electron chi connectivity index (χ1n) is 0.836. The average Bonchev–Trinajstić information content (AvgIpc) is 0.722. The van der Waals surface area contributed by atoms with Crippen LogP contribution in [0.1, 0.15) is 0 Å². The van der Waals surface area contributed by atoms with E-state index in [2.05, 4.69) is 0 Å². The van der Waals surface area contributed by atoms with Crippen LogP contribution >= 0.6 is 0 Å². The summed E-state index contributed by atoms with van der Waals surface area (Å²) < 4.78 is 0. The summed E-state index contributed by atoms with van der Waals surface area (Å²) in [5.41, 5.74) is 0. The van der Waals surface area contributed by atoms with Crippen molar-refractivity contribution in [2.24, 2.45) is 0 Å². The number of hydrogen-bond acceptors (Lipinski definition) is 5. The van der Waals surface area contributed by atoms with Gasteiger partial charge in [0, 0.05) is 0 Å². The van der Waals surface area contributed by atoms with E-state index in [-0.39, 0.29) is 86.4 Å². The van der Waals surface area contributed by atoms with Crippen LogP contribution in [0.25, 0.3) is 0 Å². The summed E-state index contributed by atoms with van der Waals surface area (Å²) in [6, 6.07) is 0. The number of hydrogen-bond donors (Lipinski definition) is 1. The van der Waals surface area contributed by atoms with Crippen molar-refractivity contribution in [2.45, 2.75) is 0 Å². The van der Waals surface area contributed by atoms with Gasteiger partial charge in [-0.25, -0.2) is 0 Å². The molecule has 0 bridgehead atoms. The van der Waals surface area contributed by atoms with Crippen LogP contribution in [0.2, 0.25) is 0 Å². The first kappa shape index (κ1) is 30.0. The maximum absolute atomic E-state index is 8.69. The molecule has 9 heavy (non-hydrogen) atoms. The molecule has 0 rings (SSSR count). The Balaban J connectivity index is -0.0000000133. The molecule has 0 radical (unpaired) electrons. The van der Waals surface area contributed by atoms with Gasteiger partial charge >= 0.3 is 75.5 Å². The molecule has 0 spiro atoms. The SMILES string of the molecule is O.[Ca+2].[Ca+2].[O-][Si]([O-])([O-])O.[OH-]. The van der Waals surface area contributed by atoms with E-state index in [1.807, 2.05) is 0 Å². The van der Waals surface area contributed by atoms with Crippen LogP contribution in [0.15, 0.2) is 0 Å². The van der Waals surface area contributed by atoms with E-state index in [9.17, 15) is 0 Å². The summed E-state index contributed by atoms with van der Waals surface area (Å²) in [6.45, 7) is 0. The minimum Gasteiger partial charge on any atom is -0.870 e. The molecule has 0 saturated carbocycles. The van der Waals surface area contributed by atoms with Gasteiger partial charge in [-0.05, 0) is 0 Å². The monoisotopic (exact) mass is 208 g/mol. The van der Waals surface area contributed by atoms with Gasteiger partial charge in [-0.3, -0.25) is 0 Å². The van der Waals surface area contributed by atoms with Crippen molar-refractivity contribution in [2.75, 3.05) is 0 Å². The second kappa shape index (κ2) is 13.1. The molecule has 0 aliphatic heterocycles. The number of rotatable bonds is 0. The zero-order chi connectivity index (χ0) is 4.50. The van der Waals surface area contributed by atoms with Crippen molar-refractivity contribution in [3.63, 3.8) is 0 Å². The van der Waals surface area contributed by atoms with Gasteiger partial charge in [0.1, 0.15) is 0 Å². The molecular formula is H4Ca2O6Si. The average molecular weight is 208 g/mol. The Kier molecular flexibility index (Phi) is 43.7. The van der Waals surface area contributed by atoms with E-state index in [4.69, 9.17) is 19.2 Å². The van der Waals surface area contributed by atoms with Crippen LogP contribution in [0.4, 0.5) is 0 Å². The van der Waals surface area contributed by atoms with E-state index in [1.54, 1.807) is 0 Å². The predicted molar refractivity (Wildman–Crippen MR) is 25.0 cm³/mol. The Morgan fingerprint density at radius 2 is 1.00 bits per heavy atom. The van der Waals surface area contributed by atoms with E-state index < -0.39 is 9.05 Å². The smallest absolute Gasteiger partial charge is 0.870 e. The van der Waals surface area contributed by atoms with Gasteiger partial charge in [-0.15, -0.1) is 9.05 Å². The minimum atomic E-state index is -5.36. The quantitative estimate of drug-likeness (QED) is 0.392. The zero-order valence-corrected chi connectivity index (χ0v) is 9.95. The van der Waals surface area contributed by atoms with Crippen molar-refractivity contribution in [1.82, 2.24) is 0 Å². The van der Waals surface area contributed by atoms with Gasteiger partial charge < -0.3 is 30.1 Å². The molecule has 4 N–H and O–H groups in total. The molecule has 48 valence electrons. The molecule has 0 fully saturated rings. The molecule has 0 heterocycles. The van der Waals surface area contributed by atoms with Crippen molar-refractivity contribution in [3.05, 3.63) is 0 Å². The first-order chi connectivity index (χ1) is 2.00. The van der Waals surface area contributed by atoms with Crippen LogP contribution < -0.4 is 14.4 Å². The van der Waals surface area contributed by atoms with Crippen LogP contribution in [-0.4, -0.2) is 100 Å². The fourth-order valence-corrected chi connectivity index (χ4v) is 0. The van der Waals surface area contributed by atoms with E-state index in [0.29, 0.717) is 0 Å². The van der Waals surface area contributed by atoms with Crippen LogP contribution in [0.3, 0.4) is 0 Å². The van der Waals surface area contributed by atoms with Crippen LogP contribution in [0, 0.1) is 0 Å². The third kappa shape index (κ3) is 122. The molecule has 6 nitrogen and oxygen atoms in total. The molecule has 0 aromatic heterocycles. The van der Waals surface area contributed by atoms with E-state index in [0.717, 1.165) is 0 Å². The Hall–Kier alpha value is 2.50. The van der Waals surface area contributed by atoms with Gasteiger partial charge in [0.15, 0.2) is 0 Å². The Bertz CT molecular complexity index is 26.5. The predicted octanol–water partition coefficient (Wildman–Crippen LogP) is -6.27. The summed E-state index contributed by atoms with van der Waals surface area (Å²) >= 11 is 0. The Morgan fingerprint density at radius 3 is 1.00 bits per heavy atom. The summed E-state index contributed by atoms with van der Waals surface area (Å²) in [5.74, 6) is 0. The third-order valence-electron chi connectivity index (χ3n) is 0. The maximum atomic E-state index is 8.69. The Morgan fingerprint density at radius 1 is 1.00 bits per heavy atom. The second-order valence-corrected chi connectivity index (χ2v) is 1.57. The molecule has 0 aliphatic carbocycles. The van der Waals surface area contributed by atoms with Crippen molar-refractivity contribution >= 4 is 84.5 Å². The third-order valence-corrected chi connectivity index (χ3v) is 0. The Labute approximate surface area is 113 Å². The maximum Gasteiger partial charge on any atom is 2.00 e. The van der Waals surface area contributed by atoms with E-state index in [1.165, 1.54) is 0 Å². The van der Waals surface area contributed by atoms with Gasteiger partial charge in [-0.1, -0.05) is 0 Å². The van der Waals surface area contributed by atoms with Gasteiger partial charge in [0.25, 0.3) is 0 Å². The van der Waals surface area contributed by atoms with Crippen LogP contribution in [0.5, 0.6) is 0 Å². The largest absolute Gasteiger partial charge is 2.00 e. The molecule has 0 aromatic carbocycles. The van der Waals surface area contributed by atoms with Crippen molar-refractivity contribution < 1.29 is 30.1 Å². The summed E-state index contributed by atoms with van der Waals surface area (Å²) in [4.78, 5) is 33.1. The molecule has 9 heteroatoms. The summed E-state index contributed by atoms with van der Waals surface area (Å²) in [6.07, 6.45) is 0. The fourth-order valence-electron chi connectivity index (χ4n) is 0. The first-order valence-corrected chi connectivity index (χ1v) is 2.51. The molecule has 0 amide bonds. The minimum absolute atomic E-state index is 0. The van der Waals surface area contributed by atoms with Gasteiger partial charge in [-0.2, -0.15) is 0 Å². The molecule has 0 atom stereocenters. The summed E-state index contributed by atoms with van der Waals surface area (Å²) in [5, 5.41) is 0. The summed E-state index contributed by atoms with van der Waals surface area (Å²) in [7, 11) is -5.36. The van der Waals surface area contributed by atoms with E-state index >= 15 is 0 Å². The van der Waals surface area contributed by atoms with Crippen molar-refractivity contribution in [3.8, 4) is 0 Å². The fraction of sp³-hybridized carbons (Fsp3) is 0. The standard InChI is InChI=1S/2Ca.HO4Si.2H2O/c;;1-5(2,3)4;;/h;;1H;2*1H2/q2*+2;-3;;/p-1. The molecular weight excluding hydrogens is 204 g/mol. The second-order valence-electron chi connectivity index (χ2n) is 0.524.